The van der Waals surface area contributed by atoms with Gasteiger partial charge < -0.3 is 10.2 Å². The van der Waals surface area contributed by atoms with E-state index in [0.29, 0.717) is 28.9 Å². The minimum absolute atomic E-state index is 0.124. The van der Waals surface area contributed by atoms with Gasteiger partial charge in [-0.1, -0.05) is 49.9 Å². The fourth-order valence-corrected chi connectivity index (χ4v) is 4.82. The molecule has 2 amide bonds. The summed E-state index contributed by atoms with van der Waals surface area (Å²) in [4.78, 5) is 28.3. The van der Waals surface area contributed by atoms with E-state index in [1.165, 1.54) is 25.7 Å². The minimum atomic E-state index is -0.151. The molecule has 2 fully saturated rings. The van der Waals surface area contributed by atoms with Crippen LogP contribution in [0, 0.1) is 6.92 Å². The highest BCUT2D eigenvalue weighted by atomic mass is 16.2. The van der Waals surface area contributed by atoms with Gasteiger partial charge in [-0.3, -0.25) is 9.59 Å². The highest BCUT2D eigenvalue weighted by molar-refractivity contribution is 6.05. The molecule has 29 heavy (non-hydrogen) atoms. The topological polar surface area (TPSA) is 49.4 Å². The number of carbonyl (C=O) groups excluding carboxylic acids is 2. The molecule has 4 nitrogen and oxygen atoms in total. The minimum Gasteiger partial charge on any atom is -0.333 e. The molecule has 1 N–H and O–H groups in total. The number of nitrogens with one attached hydrogen (secondary N) is 1. The molecule has 0 unspecified atom stereocenters. The van der Waals surface area contributed by atoms with Gasteiger partial charge in [-0.15, -0.1) is 0 Å². The van der Waals surface area contributed by atoms with Crippen molar-refractivity contribution >= 4 is 17.5 Å². The van der Waals surface area contributed by atoms with Gasteiger partial charge in [-0.2, -0.15) is 0 Å². The van der Waals surface area contributed by atoms with Crippen LogP contribution in [-0.4, -0.2) is 28.8 Å². The molecular formula is C25H30N2O2. The van der Waals surface area contributed by atoms with E-state index >= 15 is 0 Å². The van der Waals surface area contributed by atoms with E-state index in [1.54, 1.807) is 12.1 Å². The predicted octanol–water partition coefficient (Wildman–Crippen LogP) is 5.57. The van der Waals surface area contributed by atoms with Gasteiger partial charge >= 0.3 is 0 Å². The highest BCUT2D eigenvalue weighted by Crippen LogP contribution is 2.33. The Morgan fingerprint density at radius 1 is 0.828 bits per heavy atom. The number of aryl methyl sites for hydroxylation is 1. The summed E-state index contributed by atoms with van der Waals surface area (Å²) in [5, 5.41) is 2.99. The van der Waals surface area contributed by atoms with Crippen LogP contribution < -0.4 is 5.32 Å². The first kappa shape index (κ1) is 19.7. The quantitative estimate of drug-likeness (QED) is 0.725. The fourth-order valence-electron chi connectivity index (χ4n) is 4.82. The molecule has 0 heterocycles. The lowest BCUT2D eigenvalue weighted by Gasteiger charge is -2.35. The standard InChI is InChI=1S/C25H30N2O2/c1-18-15-16-20(17-23(18)26-24(28)19-9-3-2-4-10-19)25(29)27(21-11-5-6-12-21)22-13-7-8-14-22/h2-4,9-10,15-17,21-22H,5-8,11-14H2,1H3,(H,26,28). The second kappa shape index (κ2) is 8.81. The Balaban J connectivity index is 1.57. The average Bonchev–Trinajstić information content (AvgIpc) is 3.45. The lowest BCUT2D eigenvalue weighted by atomic mass is 10.0. The second-order valence-corrected chi connectivity index (χ2v) is 8.44. The first-order chi connectivity index (χ1) is 14.1. The molecule has 0 bridgehead atoms. The van der Waals surface area contributed by atoms with Crippen LogP contribution in [0.1, 0.15) is 77.6 Å². The van der Waals surface area contributed by atoms with Crippen LogP contribution in [0.15, 0.2) is 48.5 Å². The van der Waals surface area contributed by atoms with E-state index in [-0.39, 0.29) is 11.8 Å². The molecule has 2 aromatic rings. The summed E-state index contributed by atoms with van der Waals surface area (Å²) in [7, 11) is 0. The van der Waals surface area contributed by atoms with Crippen LogP contribution in [0.2, 0.25) is 0 Å². The largest absolute Gasteiger partial charge is 0.333 e. The number of anilines is 1. The second-order valence-electron chi connectivity index (χ2n) is 8.44. The summed E-state index contributed by atoms with van der Waals surface area (Å²) in [6.45, 7) is 1.96. The van der Waals surface area contributed by atoms with E-state index < -0.39 is 0 Å². The molecule has 2 aromatic carbocycles. The Kier molecular flexibility index (Phi) is 5.98. The Morgan fingerprint density at radius 3 is 2.00 bits per heavy atom. The highest BCUT2D eigenvalue weighted by Gasteiger charge is 2.34. The summed E-state index contributed by atoms with van der Waals surface area (Å²) >= 11 is 0. The molecule has 2 aliphatic carbocycles. The average molecular weight is 391 g/mol. The summed E-state index contributed by atoms with van der Waals surface area (Å²) < 4.78 is 0. The molecular weight excluding hydrogens is 360 g/mol. The first-order valence-electron chi connectivity index (χ1n) is 10.9. The van der Waals surface area contributed by atoms with E-state index in [0.717, 1.165) is 31.2 Å². The smallest absolute Gasteiger partial charge is 0.255 e. The Morgan fingerprint density at radius 2 is 1.41 bits per heavy atom. The van der Waals surface area contributed by atoms with Gasteiger partial charge in [0.15, 0.2) is 0 Å². The van der Waals surface area contributed by atoms with Gasteiger partial charge in [0.1, 0.15) is 0 Å². The number of rotatable bonds is 5. The number of carbonyl (C=O) groups is 2. The summed E-state index contributed by atoms with van der Waals surface area (Å²) in [5.74, 6) is -0.0271. The van der Waals surface area contributed by atoms with Gasteiger partial charge in [0.25, 0.3) is 11.8 Å². The van der Waals surface area contributed by atoms with Crippen molar-refractivity contribution in [1.82, 2.24) is 4.90 Å². The molecule has 0 radical (unpaired) electrons. The Bertz CT molecular complexity index is 850. The van der Waals surface area contributed by atoms with E-state index in [1.807, 2.05) is 43.3 Å². The molecule has 152 valence electrons. The maximum Gasteiger partial charge on any atom is 0.255 e. The van der Waals surface area contributed by atoms with Crippen molar-refractivity contribution in [3.05, 3.63) is 65.2 Å². The zero-order chi connectivity index (χ0) is 20.2. The maximum atomic E-state index is 13.6. The Labute approximate surface area is 173 Å². The monoisotopic (exact) mass is 390 g/mol. The molecule has 0 aliphatic heterocycles. The van der Waals surface area contributed by atoms with Crippen LogP contribution in [-0.2, 0) is 0 Å². The van der Waals surface area contributed by atoms with Crippen molar-refractivity contribution < 1.29 is 9.59 Å². The number of benzene rings is 2. The van der Waals surface area contributed by atoms with Crippen LogP contribution >= 0.6 is 0 Å². The summed E-state index contributed by atoms with van der Waals surface area (Å²) in [5.41, 5.74) is 2.96. The van der Waals surface area contributed by atoms with Crippen LogP contribution in [0.3, 0.4) is 0 Å². The molecule has 2 aliphatic rings. The lowest BCUT2D eigenvalue weighted by molar-refractivity contribution is 0.0580. The molecule has 0 atom stereocenters. The third kappa shape index (κ3) is 4.36. The number of amides is 2. The predicted molar refractivity (Wildman–Crippen MR) is 116 cm³/mol. The first-order valence-corrected chi connectivity index (χ1v) is 10.9. The van der Waals surface area contributed by atoms with Crippen LogP contribution in [0.5, 0.6) is 0 Å². The van der Waals surface area contributed by atoms with Crippen molar-refractivity contribution in [1.29, 1.82) is 0 Å². The SMILES string of the molecule is Cc1ccc(C(=O)N(C2CCCC2)C2CCCC2)cc1NC(=O)c1ccccc1. The van der Waals surface area contributed by atoms with E-state index in [4.69, 9.17) is 0 Å². The van der Waals surface area contributed by atoms with Gasteiger partial charge in [-0.25, -0.2) is 0 Å². The van der Waals surface area contributed by atoms with Crippen molar-refractivity contribution in [2.24, 2.45) is 0 Å². The molecule has 0 spiro atoms. The van der Waals surface area contributed by atoms with Gasteiger partial charge in [0.05, 0.1) is 0 Å². The van der Waals surface area contributed by atoms with Crippen molar-refractivity contribution in [3.8, 4) is 0 Å². The van der Waals surface area contributed by atoms with Gasteiger partial charge in [0, 0.05) is 28.9 Å². The van der Waals surface area contributed by atoms with E-state index in [2.05, 4.69) is 10.2 Å². The molecule has 0 aromatic heterocycles. The summed E-state index contributed by atoms with van der Waals surface area (Å²) in [6.07, 6.45) is 9.33. The third-order valence-corrected chi connectivity index (χ3v) is 6.44. The van der Waals surface area contributed by atoms with Crippen LogP contribution in [0.25, 0.3) is 0 Å². The van der Waals surface area contributed by atoms with Gasteiger partial charge in [-0.05, 0) is 62.4 Å². The fraction of sp³-hybridized carbons (Fsp3) is 0.440. The number of hydrogen-bond donors (Lipinski definition) is 1. The Hall–Kier alpha value is -2.62. The van der Waals surface area contributed by atoms with Crippen LogP contribution in [0.4, 0.5) is 5.69 Å². The van der Waals surface area contributed by atoms with Crippen molar-refractivity contribution in [2.45, 2.75) is 70.4 Å². The maximum absolute atomic E-state index is 13.6. The molecule has 4 heteroatoms. The molecule has 2 saturated carbocycles. The summed E-state index contributed by atoms with van der Waals surface area (Å²) in [6, 6.07) is 15.6. The third-order valence-electron chi connectivity index (χ3n) is 6.44. The molecule has 0 saturated heterocycles. The van der Waals surface area contributed by atoms with Crippen molar-refractivity contribution in [3.63, 3.8) is 0 Å². The number of hydrogen-bond acceptors (Lipinski definition) is 2. The molecule has 4 rings (SSSR count). The normalized spacial score (nSPS) is 17.4. The van der Waals surface area contributed by atoms with Gasteiger partial charge in [0.2, 0.25) is 0 Å². The van der Waals surface area contributed by atoms with E-state index in [9.17, 15) is 9.59 Å². The van der Waals surface area contributed by atoms with Crippen molar-refractivity contribution in [2.75, 3.05) is 5.32 Å². The zero-order valence-electron chi connectivity index (χ0n) is 17.2. The lowest BCUT2D eigenvalue weighted by Crippen LogP contribution is -2.45. The zero-order valence-corrected chi connectivity index (χ0v) is 17.2. The number of nitrogens with zero attached hydrogens (tertiary/aromatic N) is 1.